The summed E-state index contributed by atoms with van der Waals surface area (Å²) in [7, 11) is 1.53. The first-order chi connectivity index (χ1) is 15.1. The fourth-order valence-corrected chi connectivity index (χ4v) is 3.31. The number of nitrogens with zero attached hydrogens (tertiary/aromatic N) is 2. The minimum atomic E-state index is -0.444. The number of hydrogen-bond donors (Lipinski definition) is 1. The van der Waals surface area contributed by atoms with E-state index in [1.165, 1.54) is 11.8 Å². The molecule has 1 amide bonds. The third kappa shape index (κ3) is 3.98. The molecule has 1 N–H and O–H groups in total. The summed E-state index contributed by atoms with van der Waals surface area (Å²) in [5.74, 6) is 0.773. The summed E-state index contributed by atoms with van der Waals surface area (Å²) in [5.41, 5.74) is 0.869. The second-order valence-corrected chi connectivity index (χ2v) is 6.69. The average Bonchev–Trinajstić information content (AvgIpc) is 2.81. The normalized spacial score (nSPS) is 10.6. The molecule has 1 heterocycles. The van der Waals surface area contributed by atoms with Crippen LogP contribution in [0.3, 0.4) is 0 Å². The molecule has 1 aromatic heterocycles. The Balaban J connectivity index is 1.82. The van der Waals surface area contributed by atoms with Crippen molar-refractivity contribution >= 4 is 22.4 Å². The van der Waals surface area contributed by atoms with E-state index in [9.17, 15) is 9.59 Å². The molecule has 156 valence electrons. The lowest BCUT2D eigenvalue weighted by Crippen LogP contribution is -2.26. The van der Waals surface area contributed by atoms with Gasteiger partial charge in [-0.1, -0.05) is 30.3 Å². The summed E-state index contributed by atoms with van der Waals surface area (Å²) in [6, 6.07) is 21.0. The van der Waals surface area contributed by atoms with Gasteiger partial charge >= 0.3 is 0 Å². The molecule has 7 heteroatoms. The highest BCUT2D eigenvalue weighted by atomic mass is 16.5. The highest BCUT2D eigenvalue weighted by Crippen LogP contribution is 2.25. The number of methoxy groups -OCH3 is 1. The van der Waals surface area contributed by atoms with Gasteiger partial charge < -0.3 is 14.8 Å². The predicted molar refractivity (Wildman–Crippen MR) is 119 cm³/mol. The fourth-order valence-electron chi connectivity index (χ4n) is 3.31. The molecule has 0 atom stereocenters. The molecule has 0 aliphatic carbocycles. The number of nitrogens with one attached hydrogen (secondary N) is 1. The van der Waals surface area contributed by atoms with Gasteiger partial charge in [-0.25, -0.2) is 0 Å². The number of para-hydroxylation sites is 2. The third-order valence-corrected chi connectivity index (χ3v) is 4.77. The molecular weight excluding hydrogens is 394 g/mol. The quantitative estimate of drug-likeness (QED) is 0.514. The molecule has 31 heavy (non-hydrogen) atoms. The number of ether oxygens (including phenoxy) is 2. The van der Waals surface area contributed by atoms with E-state index in [0.29, 0.717) is 40.3 Å². The van der Waals surface area contributed by atoms with Crippen LogP contribution in [0.5, 0.6) is 11.5 Å². The van der Waals surface area contributed by atoms with Crippen LogP contribution >= 0.6 is 0 Å². The van der Waals surface area contributed by atoms with Gasteiger partial charge in [0.05, 0.1) is 30.5 Å². The lowest BCUT2D eigenvalue weighted by atomic mass is 10.1. The first kappa shape index (κ1) is 20.2. The predicted octanol–water partition coefficient (Wildman–Crippen LogP) is 4.05. The van der Waals surface area contributed by atoms with E-state index in [4.69, 9.17) is 9.47 Å². The minimum absolute atomic E-state index is 0.134. The fraction of sp³-hybridized carbons (Fsp3) is 0.125. The van der Waals surface area contributed by atoms with Gasteiger partial charge in [0.1, 0.15) is 11.5 Å². The summed E-state index contributed by atoms with van der Waals surface area (Å²) in [5, 5.41) is 8.11. The summed E-state index contributed by atoms with van der Waals surface area (Å²) in [4.78, 5) is 26.3. The van der Waals surface area contributed by atoms with Crippen LogP contribution < -0.4 is 20.3 Å². The minimum Gasteiger partial charge on any atom is -0.495 e. The third-order valence-electron chi connectivity index (χ3n) is 4.77. The van der Waals surface area contributed by atoms with Crippen LogP contribution in [0.4, 0.5) is 5.69 Å². The highest BCUT2D eigenvalue weighted by molar-refractivity contribution is 6.11. The molecular formula is C24H21N3O4. The van der Waals surface area contributed by atoms with E-state index < -0.39 is 5.91 Å². The molecule has 3 aromatic carbocycles. The van der Waals surface area contributed by atoms with E-state index in [1.54, 1.807) is 66.7 Å². The smallest absolute Gasteiger partial charge is 0.279 e. The molecule has 4 rings (SSSR count). The topological polar surface area (TPSA) is 82.5 Å². The SMILES string of the molecule is CCOc1ccc(-n2nc(C(=O)Nc3ccccc3OC)c3ccccc3c2=O)cc1. The summed E-state index contributed by atoms with van der Waals surface area (Å²) >= 11 is 0. The second-order valence-electron chi connectivity index (χ2n) is 6.69. The maximum Gasteiger partial charge on any atom is 0.279 e. The van der Waals surface area contributed by atoms with Crippen LogP contribution in [-0.2, 0) is 0 Å². The number of carbonyl (C=O) groups excluding carboxylic acids is 1. The van der Waals surface area contributed by atoms with E-state index in [-0.39, 0.29) is 11.3 Å². The van der Waals surface area contributed by atoms with Crippen LogP contribution in [0, 0.1) is 0 Å². The Bertz CT molecular complexity index is 1300. The van der Waals surface area contributed by atoms with Crippen molar-refractivity contribution in [3.8, 4) is 17.2 Å². The van der Waals surface area contributed by atoms with E-state index in [0.717, 1.165) is 0 Å². The summed E-state index contributed by atoms with van der Waals surface area (Å²) in [6.45, 7) is 2.44. The largest absolute Gasteiger partial charge is 0.495 e. The van der Waals surface area contributed by atoms with Crippen LogP contribution in [0.2, 0.25) is 0 Å². The van der Waals surface area contributed by atoms with Crippen molar-refractivity contribution in [2.45, 2.75) is 6.92 Å². The van der Waals surface area contributed by atoms with Gasteiger partial charge in [-0.15, -0.1) is 0 Å². The number of fused-ring (bicyclic) bond motifs is 1. The Hall–Kier alpha value is -4.13. The van der Waals surface area contributed by atoms with Crippen LogP contribution in [0.15, 0.2) is 77.6 Å². The van der Waals surface area contributed by atoms with E-state index in [1.807, 2.05) is 13.0 Å². The number of hydrogen-bond acceptors (Lipinski definition) is 5. The molecule has 0 saturated heterocycles. The Morgan fingerprint density at radius 3 is 2.35 bits per heavy atom. The number of carbonyl (C=O) groups is 1. The van der Waals surface area contributed by atoms with Gasteiger partial charge in [-0.2, -0.15) is 9.78 Å². The zero-order valence-corrected chi connectivity index (χ0v) is 17.2. The number of benzene rings is 3. The Labute approximate surface area is 178 Å². The molecule has 0 saturated carbocycles. The monoisotopic (exact) mass is 415 g/mol. The Kier molecular flexibility index (Phi) is 5.66. The van der Waals surface area contributed by atoms with E-state index >= 15 is 0 Å². The molecule has 7 nitrogen and oxygen atoms in total. The van der Waals surface area contributed by atoms with Crippen molar-refractivity contribution in [3.63, 3.8) is 0 Å². The number of aromatic nitrogens is 2. The second kappa shape index (κ2) is 8.71. The summed E-state index contributed by atoms with van der Waals surface area (Å²) in [6.07, 6.45) is 0. The molecule has 0 aliphatic rings. The molecule has 4 aromatic rings. The van der Waals surface area contributed by atoms with Crippen molar-refractivity contribution in [2.75, 3.05) is 19.0 Å². The van der Waals surface area contributed by atoms with Gasteiger partial charge in [0.2, 0.25) is 0 Å². The molecule has 0 radical (unpaired) electrons. The highest BCUT2D eigenvalue weighted by Gasteiger charge is 2.18. The van der Waals surface area contributed by atoms with Gasteiger partial charge in [0.15, 0.2) is 5.69 Å². The Morgan fingerprint density at radius 1 is 0.968 bits per heavy atom. The van der Waals surface area contributed by atoms with Gasteiger partial charge in [0, 0.05) is 5.39 Å². The lowest BCUT2D eigenvalue weighted by Gasteiger charge is -2.13. The van der Waals surface area contributed by atoms with Crippen LogP contribution in [0.25, 0.3) is 16.5 Å². The van der Waals surface area contributed by atoms with Gasteiger partial charge in [-0.3, -0.25) is 9.59 Å². The van der Waals surface area contributed by atoms with Crippen molar-refractivity contribution in [3.05, 3.63) is 88.8 Å². The van der Waals surface area contributed by atoms with Gasteiger partial charge in [0.25, 0.3) is 11.5 Å². The number of anilines is 1. The van der Waals surface area contributed by atoms with Crippen molar-refractivity contribution in [2.24, 2.45) is 0 Å². The maximum atomic E-state index is 13.2. The zero-order valence-electron chi connectivity index (χ0n) is 17.2. The maximum absolute atomic E-state index is 13.2. The molecule has 0 bridgehead atoms. The van der Waals surface area contributed by atoms with Crippen LogP contribution in [-0.4, -0.2) is 29.4 Å². The van der Waals surface area contributed by atoms with Crippen molar-refractivity contribution in [1.82, 2.24) is 9.78 Å². The van der Waals surface area contributed by atoms with E-state index in [2.05, 4.69) is 10.4 Å². The molecule has 0 fully saturated rings. The molecule has 0 unspecified atom stereocenters. The van der Waals surface area contributed by atoms with Crippen molar-refractivity contribution in [1.29, 1.82) is 0 Å². The standard InChI is InChI=1S/C24H21N3O4/c1-3-31-17-14-12-16(13-15-17)27-24(29)19-9-5-4-8-18(19)22(26-27)23(28)25-20-10-6-7-11-21(20)30-2/h4-15H,3H2,1-2H3,(H,25,28). The first-order valence-electron chi connectivity index (χ1n) is 9.82. The molecule has 0 aliphatic heterocycles. The Morgan fingerprint density at radius 2 is 1.65 bits per heavy atom. The summed E-state index contributed by atoms with van der Waals surface area (Å²) < 4.78 is 12.0. The average molecular weight is 415 g/mol. The lowest BCUT2D eigenvalue weighted by molar-refractivity contribution is 0.102. The first-order valence-corrected chi connectivity index (χ1v) is 9.82. The molecule has 0 spiro atoms. The van der Waals surface area contributed by atoms with Crippen molar-refractivity contribution < 1.29 is 14.3 Å². The number of amides is 1. The van der Waals surface area contributed by atoms with Gasteiger partial charge in [-0.05, 0) is 49.4 Å². The zero-order chi connectivity index (χ0) is 21.8. The number of rotatable bonds is 6. The van der Waals surface area contributed by atoms with Crippen LogP contribution in [0.1, 0.15) is 17.4 Å².